The van der Waals surface area contributed by atoms with Crippen molar-refractivity contribution >= 4 is 5.82 Å². The van der Waals surface area contributed by atoms with Gasteiger partial charge in [0.1, 0.15) is 11.6 Å². The number of nitrogens with zero attached hydrogens (tertiary/aromatic N) is 2. The fourth-order valence-electron chi connectivity index (χ4n) is 2.56. The second-order valence-corrected chi connectivity index (χ2v) is 5.98. The Hall–Kier alpha value is -1.12. The molecular formula is C16H27N3. The summed E-state index contributed by atoms with van der Waals surface area (Å²) in [5, 5.41) is 3.50. The lowest BCUT2D eigenvalue weighted by molar-refractivity contribution is 0.569. The molecule has 19 heavy (non-hydrogen) atoms. The molecule has 0 fully saturated rings. The summed E-state index contributed by atoms with van der Waals surface area (Å²) in [6, 6.07) is 0. The van der Waals surface area contributed by atoms with Crippen LogP contribution in [-0.2, 0) is 19.3 Å². The molecule has 1 aromatic rings. The van der Waals surface area contributed by atoms with Crippen LogP contribution in [0.3, 0.4) is 0 Å². The van der Waals surface area contributed by atoms with E-state index in [-0.39, 0.29) is 0 Å². The molecule has 1 heterocycles. The number of aromatic nitrogens is 2. The first-order valence-corrected chi connectivity index (χ1v) is 7.83. The van der Waals surface area contributed by atoms with Gasteiger partial charge >= 0.3 is 0 Å². The van der Waals surface area contributed by atoms with Crippen molar-refractivity contribution in [3.8, 4) is 0 Å². The third-order valence-electron chi connectivity index (χ3n) is 3.72. The van der Waals surface area contributed by atoms with Crippen molar-refractivity contribution in [3.63, 3.8) is 0 Å². The summed E-state index contributed by atoms with van der Waals surface area (Å²) >= 11 is 0. The van der Waals surface area contributed by atoms with Crippen molar-refractivity contribution in [1.29, 1.82) is 0 Å². The molecule has 0 amide bonds. The predicted molar refractivity (Wildman–Crippen MR) is 80.6 cm³/mol. The van der Waals surface area contributed by atoms with Crippen molar-refractivity contribution in [2.75, 3.05) is 11.9 Å². The largest absolute Gasteiger partial charge is 0.370 e. The zero-order valence-electron chi connectivity index (χ0n) is 12.6. The fourth-order valence-corrected chi connectivity index (χ4v) is 2.56. The van der Waals surface area contributed by atoms with E-state index in [4.69, 9.17) is 9.97 Å². The minimum atomic E-state index is 0.715. The molecular weight excluding hydrogens is 234 g/mol. The van der Waals surface area contributed by atoms with Crippen LogP contribution in [0.25, 0.3) is 0 Å². The standard InChI is InChI=1S/C16H27N3/c1-4-11-17-16-13-7-5-6-8-14(13)18-15(19-16)10-9-12(2)3/h12H,4-11H2,1-3H3,(H,17,18,19). The van der Waals surface area contributed by atoms with Gasteiger partial charge in [-0.15, -0.1) is 0 Å². The van der Waals surface area contributed by atoms with Crippen molar-refractivity contribution in [2.45, 2.75) is 65.7 Å². The van der Waals surface area contributed by atoms with Crippen LogP contribution in [0.4, 0.5) is 5.82 Å². The minimum Gasteiger partial charge on any atom is -0.370 e. The van der Waals surface area contributed by atoms with Crippen LogP contribution in [0.5, 0.6) is 0 Å². The Labute approximate surface area is 117 Å². The number of anilines is 1. The minimum absolute atomic E-state index is 0.715. The Morgan fingerprint density at radius 3 is 2.68 bits per heavy atom. The van der Waals surface area contributed by atoms with E-state index in [1.54, 1.807) is 0 Å². The molecule has 0 spiro atoms. The molecule has 0 saturated heterocycles. The van der Waals surface area contributed by atoms with E-state index < -0.39 is 0 Å². The zero-order chi connectivity index (χ0) is 13.7. The van der Waals surface area contributed by atoms with E-state index >= 15 is 0 Å². The van der Waals surface area contributed by atoms with Gasteiger partial charge in [0, 0.05) is 24.2 Å². The van der Waals surface area contributed by atoms with Crippen LogP contribution in [0.1, 0.15) is 63.5 Å². The Bertz CT molecular complexity index is 413. The van der Waals surface area contributed by atoms with Gasteiger partial charge in [-0.1, -0.05) is 20.8 Å². The van der Waals surface area contributed by atoms with Gasteiger partial charge in [0.2, 0.25) is 0 Å². The second-order valence-electron chi connectivity index (χ2n) is 5.98. The van der Waals surface area contributed by atoms with Gasteiger partial charge in [-0.25, -0.2) is 9.97 Å². The number of hydrogen-bond acceptors (Lipinski definition) is 3. The smallest absolute Gasteiger partial charge is 0.133 e. The molecule has 1 aliphatic carbocycles. The fraction of sp³-hybridized carbons (Fsp3) is 0.750. The van der Waals surface area contributed by atoms with E-state index in [2.05, 4.69) is 26.1 Å². The predicted octanol–water partition coefficient (Wildman–Crippen LogP) is 3.77. The summed E-state index contributed by atoms with van der Waals surface area (Å²) in [7, 11) is 0. The van der Waals surface area contributed by atoms with Gasteiger partial charge in [0.05, 0.1) is 0 Å². The lowest BCUT2D eigenvalue weighted by Crippen LogP contribution is -2.15. The molecule has 0 radical (unpaired) electrons. The number of hydrogen-bond donors (Lipinski definition) is 1. The topological polar surface area (TPSA) is 37.8 Å². The average molecular weight is 261 g/mol. The van der Waals surface area contributed by atoms with Gasteiger partial charge < -0.3 is 5.32 Å². The maximum absolute atomic E-state index is 4.80. The lowest BCUT2D eigenvalue weighted by Gasteiger charge is -2.20. The van der Waals surface area contributed by atoms with Crippen LogP contribution in [0.2, 0.25) is 0 Å². The molecule has 3 nitrogen and oxygen atoms in total. The highest BCUT2D eigenvalue weighted by Crippen LogP contribution is 2.26. The van der Waals surface area contributed by atoms with Crippen LogP contribution in [-0.4, -0.2) is 16.5 Å². The van der Waals surface area contributed by atoms with E-state index in [9.17, 15) is 0 Å². The molecule has 1 aliphatic rings. The number of rotatable bonds is 6. The first kappa shape index (κ1) is 14.3. The molecule has 106 valence electrons. The summed E-state index contributed by atoms with van der Waals surface area (Å²) in [6.45, 7) is 7.72. The SMILES string of the molecule is CCCNc1nc(CCC(C)C)nc2c1CCCC2. The maximum Gasteiger partial charge on any atom is 0.133 e. The Morgan fingerprint density at radius 2 is 1.95 bits per heavy atom. The van der Waals surface area contributed by atoms with Crippen LogP contribution >= 0.6 is 0 Å². The van der Waals surface area contributed by atoms with Gasteiger partial charge in [0.15, 0.2) is 0 Å². The van der Waals surface area contributed by atoms with Gasteiger partial charge in [-0.2, -0.15) is 0 Å². The molecule has 3 heteroatoms. The molecule has 0 atom stereocenters. The van der Waals surface area contributed by atoms with E-state index in [0.29, 0.717) is 5.92 Å². The highest BCUT2D eigenvalue weighted by atomic mass is 15.0. The summed E-state index contributed by atoms with van der Waals surface area (Å²) in [4.78, 5) is 9.58. The number of aryl methyl sites for hydroxylation is 2. The van der Waals surface area contributed by atoms with E-state index in [1.165, 1.54) is 30.5 Å². The molecule has 0 bridgehead atoms. The number of nitrogens with one attached hydrogen (secondary N) is 1. The highest BCUT2D eigenvalue weighted by Gasteiger charge is 2.17. The summed E-state index contributed by atoms with van der Waals surface area (Å²) in [6.07, 6.45) is 8.15. The van der Waals surface area contributed by atoms with Crippen LogP contribution in [0.15, 0.2) is 0 Å². The average Bonchev–Trinajstić information content (AvgIpc) is 2.42. The van der Waals surface area contributed by atoms with Crippen LogP contribution < -0.4 is 5.32 Å². The zero-order valence-corrected chi connectivity index (χ0v) is 12.6. The molecule has 0 saturated carbocycles. The monoisotopic (exact) mass is 261 g/mol. The van der Waals surface area contributed by atoms with E-state index in [0.717, 1.165) is 43.9 Å². The maximum atomic E-state index is 4.80. The third kappa shape index (κ3) is 3.92. The normalized spacial score (nSPS) is 14.5. The number of fused-ring (bicyclic) bond motifs is 1. The molecule has 0 unspecified atom stereocenters. The molecule has 0 aromatic carbocycles. The quantitative estimate of drug-likeness (QED) is 0.847. The van der Waals surface area contributed by atoms with Crippen LogP contribution in [0, 0.1) is 5.92 Å². The first-order chi connectivity index (χ1) is 9.20. The van der Waals surface area contributed by atoms with Crippen molar-refractivity contribution < 1.29 is 0 Å². The van der Waals surface area contributed by atoms with Crippen molar-refractivity contribution in [3.05, 3.63) is 17.1 Å². The molecule has 1 aromatic heterocycles. The first-order valence-electron chi connectivity index (χ1n) is 7.83. The Morgan fingerprint density at radius 1 is 1.16 bits per heavy atom. The van der Waals surface area contributed by atoms with Gasteiger partial charge in [0.25, 0.3) is 0 Å². The van der Waals surface area contributed by atoms with Crippen molar-refractivity contribution in [1.82, 2.24) is 9.97 Å². The third-order valence-corrected chi connectivity index (χ3v) is 3.72. The van der Waals surface area contributed by atoms with E-state index in [1.807, 2.05) is 0 Å². The Kier molecular flexibility index (Phi) is 5.17. The van der Waals surface area contributed by atoms with Gasteiger partial charge in [-0.05, 0) is 44.4 Å². The molecule has 1 N–H and O–H groups in total. The molecule has 0 aliphatic heterocycles. The summed E-state index contributed by atoms with van der Waals surface area (Å²) in [5.41, 5.74) is 2.69. The van der Waals surface area contributed by atoms with Crippen molar-refractivity contribution in [2.24, 2.45) is 5.92 Å². The summed E-state index contributed by atoms with van der Waals surface area (Å²) in [5.74, 6) is 2.87. The highest BCUT2D eigenvalue weighted by molar-refractivity contribution is 5.47. The lowest BCUT2D eigenvalue weighted by atomic mass is 9.96. The second kappa shape index (κ2) is 6.88. The molecule has 2 rings (SSSR count). The summed E-state index contributed by atoms with van der Waals surface area (Å²) < 4.78 is 0. The van der Waals surface area contributed by atoms with Gasteiger partial charge in [-0.3, -0.25) is 0 Å². The Balaban J connectivity index is 2.20.